The van der Waals surface area contributed by atoms with Crippen LogP contribution in [-0.4, -0.2) is 45.9 Å². The van der Waals surface area contributed by atoms with E-state index >= 15 is 0 Å². The number of hydrogen-bond acceptors (Lipinski definition) is 4. The first-order valence-electron chi connectivity index (χ1n) is 12.9. The van der Waals surface area contributed by atoms with Gasteiger partial charge in [0.1, 0.15) is 12.2 Å². The molecule has 0 radical (unpaired) electrons. The largest absolute Gasteiger partial charge is 0.481 e. The molecule has 6 rings (SSSR count). The normalized spacial score (nSPS) is 46.5. The van der Waals surface area contributed by atoms with Crippen LogP contribution in [0.1, 0.15) is 78.6 Å². The third kappa shape index (κ3) is 3.69. The summed E-state index contributed by atoms with van der Waals surface area (Å²) in [7, 11) is 0. The van der Waals surface area contributed by atoms with Gasteiger partial charge in [-0.05, 0) is 93.0 Å². The SMILES string of the molecule is CC(C)C1=C(C2CCC(F)C(C)C2)C2CCC(O)CC2C(C(=O)NC23CC(C(=O)O)(C2)C3)N1. The van der Waals surface area contributed by atoms with Gasteiger partial charge < -0.3 is 20.8 Å². The van der Waals surface area contributed by atoms with Crippen molar-refractivity contribution in [3.05, 3.63) is 11.3 Å². The Morgan fingerprint density at radius 1 is 1.12 bits per heavy atom. The van der Waals surface area contributed by atoms with Crippen molar-refractivity contribution in [2.75, 3.05) is 0 Å². The molecular formula is C26H39FN2O4. The molecule has 0 saturated heterocycles. The maximum atomic E-state index is 14.2. The molecule has 0 aromatic heterocycles. The molecule has 1 amide bonds. The third-order valence-electron chi connectivity index (χ3n) is 9.56. The second-order valence-corrected chi connectivity index (χ2v) is 12.3. The van der Waals surface area contributed by atoms with E-state index in [4.69, 9.17) is 0 Å². The fraction of sp³-hybridized carbons (Fsp3) is 0.846. The van der Waals surface area contributed by atoms with E-state index < -0.39 is 29.7 Å². The minimum atomic E-state index is -0.753. The van der Waals surface area contributed by atoms with E-state index in [1.54, 1.807) is 0 Å². The summed E-state index contributed by atoms with van der Waals surface area (Å²) in [5, 5.41) is 26.7. The van der Waals surface area contributed by atoms with E-state index in [0.29, 0.717) is 38.0 Å². The monoisotopic (exact) mass is 462 g/mol. The molecule has 6 aliphatic rings. The zero-order valence-electron chi connectivity index (χ0n) is 20.1. The van der Waals surface area contributed by atoms with E-state index in [2.05, 4.69) is 24.5 Å². The Balaban J connectivity index is 1.40. The van der Waals surface area contributed by atoms with Crippen LogP contribution in [0.25, 0.3) is 0 Å². The van der Waals surface area contributed by atoms with Gasteiger partial charge in [-0.25, -0.2) is 4.39 Å². The number of allylic oxidation sites excluding steroid dienone is 2. The van der Waals surface area contributed by atoms with Crippen LogP contribution in [-0.2, 0) is 9.59 Å². The van der Waals surface area contributed by atoms with Gasteiger partial charge in [-0.2, -0.15) is 0 Å². The lowest BCUT2D eigenvalue weighted by atomic mass is 9.39. The van der Waals surface area contributed by atoms with Gasteiger partial charge in [-0.3, -0.25) is 9.59 Å². The van der Waals surface area contributed by atoms with Crippen LogP contribution >= 0.6 is 0 Å². The number of hydrogen-bond donors (Lipinski definition) is 4. The van der Waals surface area contributed by atoms with E-state index in [0.717, 1.165) is 31.4 Å². The van der Waals surface area contributed by atoms with Crippen molar-refractivity contribution < 1.29 is 24.2 Å². The Morgan fingerprint density at radius 2 is 1.82 bits per heavy atom. The van der Waals surface area contributed by atoms with E-state index in [1.807, 2.05) is 6.92 Å². The number of aliphatic hydroxyl groups excluding tert-OH is 1. The third-order valence-corrected chi connectivity index (χ3v) is 9.56. The quantitative estimate of drug-likeness (QED) is 0.501. The van der Waals surface area contributed by atoms with Crippen LogP contribution in [0.2, 0.25) is 0 Å². The Labute approximate surface area is 195 Å². The average molecular weight is 463 g/mol. The summed E-state index contributed by atoms with van der Waals surface area (Å²) in [6.45, 7) is 6.31. The second kappa shape index (κ2) is 7.96. The molecule has 1 heterocycles. The molecular weight excluding hydrogens is 423 g/mol. The first-order valence-corrected chi connectivity index (χ1v) is 12.9. The molecule has 0 aromatic carbocycles. The predicted molar refractivity (Wildman–Crippen MR) is 122 cm³/mol. The molecule has 4 N–H and O–H groups in total. The minimum absolute atomic E-state index is 0.00504. The summed E-state index contributed by atoms with van der Waals surface area (Å²) in [6, 6.07) is -0.421. The molecule has 7 heteroatoms. The van der Waals surface area contributed by atoms with Gasteiger partial charge in [0.05, 0.1) is 11.5 Å². The number of carboxylic acids is 1. The van der Waals surface area contributed by atoms with Crippen molar-refractivity contribution in [3.63, 3.8) is 0 Å². The molecule has 5 aliphatic carbocycles. The molecule has 1 aliphatic heterocycles. The van der Waals surface area contributed by atoms with Gasteiger partial charge in [0.2, 0.25) is 5.91 Å². The molecule has 6 nitrogen and oxygen atoms in total. The molecule has 184 valence electrons. The predicted octanol–water partition coefficient (Wildman–Crippen LogP) is 3.54. The summed E-state index contributed by atoms with van der Waals surface area (Å²) in [5.74, 6) is 0.0279. The van der Waals surface area contributed by atoms with Gasteiger partial charge in [0.15, 0.2) is 0 Å². The smallest absolute Gasteiger partial charge is 0.309 e. The highest BCUT2D eigenvalue weighted by Crippen LogP contribution is 2.67. The van der Waals surface area contributed by atoms with Crippen molar-refractivity contribution in [2.24, 2.45) is 35.0 Å². The van der Waals surface area contributed by atoms with Crippen LogP contribution in [0.3, 0.4) is 0 Å². The molecule has 0 spiro atoms. The van der Waals surface area contributed by atoms with Crippen LogP contribution in [0, 0.1) is 35.0 Å². The second-order valence-electron chi connectivity index (χ2n) is 12.3. The van der Waals surface area contributed by atoms with Gasteiger partial charge in [0.25, 0.3) is 0 Å². The van der Waals surface area contributed by atoms with Crippen molar-refractivity contribution in [2.45, 2.75) is 102 Å². The molecule has 7 unspecified atom stereocenters. The summed E-state index contributed by atoms with van der Waals surface area (Å²) >= 11 is 0. The average Bonchev–Trinajstić information content (AvgIpc) is 2.69. The summed E-state index contributed by atoms with van der Waals surface area (Å²) in [4.78, 5) is 25.0. The fourth-order valence-corrected chi connectivity index (χ4v) is 7.91. The molecule has 2 bridgehead atoms. The van der Waals surface area contributed by atoms with Gasteiger partial charge in [0, 0.05) is 11.2 Å². The number of fused-ring (bicyclic) bond motifs is 1. The first kappa shape index (κ1) is 23.1. The van der Waals surface area contributed by atoms with E-state index in [9.17, 15) is 24.2 Å². The summed E-state index contributed by atoms with van der Waals surface area (Å²) in [6.07, 6.45) is 4.90. The van der Waals surface area contributed by atoms with Gasteiger partial charge in [-0.15, -0.1) is 0 Å². The van der Waals surface area contributed by atoms with Crippen LogP contribution < -0.4 is 10.6 Å². The fourth-order valence-electron chi connectivity index (χ4n) is 7.91. The maximum Gasteiger partial charge on any atom is 0.309 e. The topological polar surface area (TPSA) is 98.7 Å². The zero-order chi connectivity index (χ0) is 23.7. The summed E-state index contributed by atoms with van der Waals surface area (Å²) < 4.78 is 14.2. The standard InChI is InChI=1S/C26H39FN2O4/c1-13(2)21-20(15-4-7-19(27)14(3)8-15)17-6-5-16(30)9-18(17)22(28-21)23(31)29-26-10-25(11-26,12-26)24(32)33/h13-19,22,28,30H,4-12H2,1-3H3,(H,29,31)(H,32,33). The van der Waals surface area contributed by atoms with Crippen molar-refractivity contribution in [3.8, 4) is 0 Å². The number of rotatable bonds is 5. The van der Waals surface area contributed by atoms with Crippen molar-refractivity contribution >= 4 is 11.9 Å². The minimum Gasteiger partial charge on any atom is -0.481 e. The number of aliphatic carboxylic acids is 1. The molecule has 0 aromatic rings. The number of carbonyl (C=O) groups is 2. The Kier molecular flexibility index (Phi) is 5.58. The summed E-state index contributed by atoms with van der Waals surface area (Å²) in [5.41, 5.74) is 1.54. The molecule has 33 heavy (non-hydrogen) atoms. The Hall–Kier alpha value is -1.63. The number of aliphatic hydroxyl groups is 1. The Bertz CT molecular complexity index is 851. The van der Waals surface area contributed by atoms with Crippen LogP contribution in [0.4, 0.5) is 4.39 Å². The number of alkyl halides is 1. The highest BCUT2D eigenvalue weighted by Gasteiger charge is 2.73. The lowest BCUT2D eigenvalue weighted by Crippen LogP contribution is -2.78. The lowest BCUT2D eigenvalue weighted by Gasteiger charge is -2.68. The van der Waals surface area contributed by atoms with Gasteiger partial charge in [-0.1, -0.05) is 20.8 Å². The Morgan fingerprint density at radius 3 is 2.42 bits per heavy atom. The first-order chi connectivity index (χ1) is 15.5. The van der Waals surface area contributed by atoms with Crippen molar-refractivity contribution in [1.82, 2.24) is 10.6 Å². The molecule has 5 saturated carbocycles. The van der Waals surface area contributed by atoms with E-state index in [1.165, 1.54) is 5.57 Å². The van der Waals surface area contributed by atoms with Crippen LogP contribution in [0.15, 0.2) is 11.3 Å². The molecule has 7 atom stereocenters. The highest BCUT2D eigenvalue weighted by molar-refractivity contribution is 5.87. The number of carbonyl (C=O) groups excluding carboxylic acids is 1. The van der Waals surface area contributed by atoms with Gasteiger partial charge >= 0.3 is 5.97 Å². The van der Waals surface area contributed by atoms with E-state index in [-0.39, 0.29) is 35.1 Å². The maximum absolute atomic E-state index is 14.2. The lowest BCUT2D eigenvalue weighted by molar-refractivity contribution is -0.200. The molecule has 5 fully saturated rings. The number of halogens is 1. The zero-order valence-corrected chi connectivity index (χ0v) is 20.1. The highest BCUT2D eigenvalue weighted by atomic mass is 19.1. The van der Waals surface area contributed by atoms with Crippen molar-refractivity contribution in [1.29, 1.82) is 0 Å². The number of amides is 1. The number of carboxylic acid groups (broad SMARTS) is 1. The number of nitrogens with one attached hydrogen (secondary N) is 2. The van der Waals surface area contributed by atoms with Crippen LogP contribution in [0.5, 0.6) is 0 Å².